The van der Waals surface area contributed by atoms with Crippen LogP contribution in [0.15, 0.2) is 24.3 Å². The number of nitrogens with one attached hydrogen (secondary N) is 1. The van der Waals surface area contributed by atoms with Crippen LogP contribution in [0.25, 0.3) is 0 Å². The largest absolute Gasteiger partial charge is 0.375 e. The van der Waals surface area contributed by atoms with Crippen LogP contribution in [0, 0.1) is 5.82 Å². The molecule has 19 heavy (non-hydrogen) atoms. The van der Waals surface area contributed by atoms with Gasteiger partial charge in [0.1, 0.15) is 5.82 Å². The molecule has 1 aliphatic rings. The first-order chi connectivity index (χ1) is 9.02. The van der Waals surface area contributed by atoms with Crippen LogP contribution in [0.2, 0.25) is 0 Å². The summed E-state index contributed by atoms with van der Waals surface area (Å²) in [5.74, 6) is -0.170. The van der Waals surface area contributed by atoms with Crippen LogP contribution in [0.5, 0.6) is 0 Å². The molecular weight excluding hydrogens is 241 g/mol. The highest BCUT2D eigenvalue weighted by molar-refractivity contribution is 5.17. The van der Waals surface area contributed by atoms with E-state index in [2.05, 4.69) is 26.1 Å². The van der Waals surface area contributed by atoms with Gasteiger partial charge in [0.15, 0.2) is 0 Å². The number of benzene rings is 1. The first-order valence-corrected chi connectivity index (χ1v) is 7.19. The Hall–Kier alpha value is -0.930. The van der Waals surface area contributed by atoms with Crippen molar-refractivity contribution in [2.75, 3.05) is 0 Å². The Morgan fingerprint density at radius 3 is 2.37 bits per heavy atom. The Morgan fingerprint density at radius 2 is 1.79 bits per heavy atom. The summed E-state index contributed by atoms with van der Waals surface area (Å²) in [7, 11) is 0. The van der Waals surface area contributed by atoms with E-state index in [0.29, 0.717) is 24.3 Å². The lowest BCUT2D eigenvalue weighted by Gasteiger charge is -2.34. The van der Waals surface area contributed by atoms with Crippen molar-refractivity contribution in [2.24, 2.45) is 0 Å². The summed E-state index contributed by atoms with van der Waals surface area (Å²) >= 11 is 0. The minimum Gasteiger partial charge on any atom is -0.375 e. The van der Waals surface area contributed by atoms with Crippen LogP contribution in [0.1, 0.15) is 39.2 Å². The molecule has 106 valence electrons. The fraction of sp³-hybridized carbons (Fsp3) is 0.625. The third kappa shape index (κ3) is 4.59. The molecule has 2 nitrogen and oxygen atoms in total. The Bertz CT molecular complexity index is 382. The van der Waals surface area contributed by atoms with E-state index in [1.54, 1.807) is 0 Å². The molecule has 1 aromatic carbocycles. The lowest BCUT2D eigenvalue weighted by molar-refractivity contribution is -0.0432. The number of rotatable bonds is 4. The lowest BCUT2D eigenvalue weighted by Crippen LogP contribution is -2.45. The third-order valence-corrected chi connectivity index (χ3v) is 3.67. The zero-order chi connectivity index (χ0) is 13.8. The van der Waals surface area contributed by atoms with E-state index < -0.39 is 0 Å². The minimum absolute atomic E-state index is 0.170. The maximum atomic E-state index is 12.9. The molecule has 0 aliphatic carbocycles. The van der Waals surface area contributed by atoms with Gasteiger partial charge in [0, 0.05) is 12.1 Å². The van der Waals surface area contributed by atoms with Crippen LogP contribution < -0.4 is 5.32 Å². The molecule has 0 amide bonds. The van der Waals surface area contributed by atoms with Crippen molar-refractivity contribution in [3.63, 3.8) is 0 Å². The van der Waals surface area contributed by atoms with Crippen molar-refractivity contribution in [3.05, 3.63) is 35.6 Å². The molecule has 0 radical (unpaired) electrons. The molecule has 1 aromatic rings. The van der Waals surface area contributed by atoms with E-state index in [1.165, 1.54) is 17.7 Å². The molecule has 0 saturated carbocycles. The minimum atomic E-state index is -0.170. The van der Waals surface area contributed by atoms with Gasteiger partial charge in [-0.1, -0.05) is 12.1 Å². The molecule has 1 saturated heterocycles. The zero-order valence-corrected chi connectivity index (χ0v) is 12.0. The molecule has 3 atom stereocenters. The number of halogens is 1. The maximum Gasteiger partial charge on any atom is 0.123 e. The molecule has 1 N–H and O–H groups in total. The first kappa shape index (κ1) is 14.5. The van der Waals surface area contributed by atoms with E-state index in [4.69, 9.17) is 4.74 Å². The quantitative estimate of drug-likeness (QED) is 0.902. The smallest absolute Gasteiger partial charge is 0.123 e. The molecule has 3 heteroatoms. The van der Waals surface area contributed by atoms with E-state index >= 15 is 0 Å². The summed E-state index contributed by atoms with van der Waals surface area (Å²) in [6, 6.07) is 7.70. The SMILES string of the molecule is CC(Cc1ccc(F)cc1)NC1CC(C)OC(C)C1. The highest BCUT2D eigenvalue weighted by Gasteiger charge is 2.25. The van der Waals surface area contributed by atoms with Crippen LogP contribution in [-0.2, 0) is 11.2 Å². The van der Waals surface area contributed by atoms with Crippen molar-refractivity contribution in [2.45, 2.75) is 64.3 Å². The van der Waals surface area contributed by atoms with Gasteiger partial charge in [-0.15, -0.1) is 0 Å². The fourth-order valence-electron chi connectivity index (χ4n) is 2.98. The predicted molar refractivity (Wildman–Crippen MR) is 75.7 cm³/mol. The van der Waals surface area contributed by atoms with Crippen LogP contribution in [0.3, 0.4) is 0 Å². The molecule has 3 unspecified atom stereocenters. The molecular formula is C16H24FNO. The molecule has 0 aromatic heterocycles. The van der Waals surface area contributed by atoms with E-state index in [-0.39, 0.29) is 5.82 Å². The molecule has 1 fully saturated rings. The van der Waals surface area contributed by atoms with Gasteiger partial charge in [-0.2, -0.15) is 0 Å². The fourth-order valence-corrected chi connectivity index (χ4v) is 2.98. The average Bonchev–Trinajstić information content (AvgIpc) is 2.30. The second kappa shape index (κ2) is 6.49. The van der Waals surface area contributed by atoms with Gasteiger partial charge >= 0.3 is 0 Å². The highest BCUT2D eigenvalue weighted by atomic mass is 19.1. The molecule has 1 heterocycles. The summed E-state index contributed by atoms with van der Waals surface area (Å²) in [6.07, 6.45) is 3.73. The van der Waals surface area contributed by atoms with E-state index in [9.17, 15) is 4.39 Å². The van der Waals surface area contributed by atoms with Gasteiger partial charge in [-0.05, 0) is 57.7 Å². The van der Waals surface area contributed by atoms with Crippen LogP contribution >= 0.6 is 0 Å². The maximum absolute atomic E-state index is 12.9. The topological polar surface area (TPSA) is 21.3 Å². The Kier molecular flexibility index (Phi) is 4.94. The van der Waals surface area contributed by atoms with Crippen LogP contribution in [0.4, 0.5) is 4.39 Å². The summed E-state index contributed by atoms with van der Waals surface area (Å²) in [6.45, 7) is 6.46. The van der Waals surface area contributed by atoms with Crippen molar-refractivity contribution in [1.29, 1.82) is 0 Å². The highest BCUT2D eigenvalue weighted by Crippen LogP contribution is 2.19. The van der Waals surface area contributed by atoms with E-state index in [0.717, 1.165) is 19.3 Å². The lowest BCUT2D eigenvalue weighted by atomic mass is 9.98. The predicted octanol–water partition coefficient (Wildman–Crippen LogP) is 3.30. The normalized spacial score (nSPS) is 29.2. The summed E-state index contributed by atoms with van der Waals surface area (Å²) in [4.78, 5) is 0. The summed E-state index contributed by atoms with van der Waals surface area (Å²) in [5.41, 5.74) is 1.18. The van der Waals surface area contributed by atoms with Crippen molar-refractivity contribution in [1.82, 2.24) is 5.32 Å². The van der Waals surface area contributed by atoms with Crippen molar-refractivity contribution in [3.8, 4) is 0 Å². The van der Waals surface area contributed by atoms with Gasteiger partial charge in [-0.25, -0.2) is 4.39 Å². The third-order valence-electron chi connectivity index (χ3n) is 3.67. The number of hydrogen-bond acceptors (Lipinski definition) is 2. The zero-order valence-electron chi connectivity index (χ0n) is 12.0. The molecule has 0 spiro atoms. The Morgan fingerprint density at radius 1 is 1.21 bits per heavy atom. The molecule has 1 aliphatic heterocycles. The monoisotopic (exact) mass is 265 g/mol. The van der Waals surface area contributed by atoms with Crippen molar-refractivity contribution >= 4 is 0 Å². The van der Waals surface area contributed by atoms with Gasteiger partial charge in [0.05, 0.1) is 12.2 Å². The Labute approximate surface area is 115 Å². The summed E-state index contributed by atoms with van der Waals surface area (Å²) < 4.78 is 18.6. The van der Waals surface area contributed by atoms with Gasteiger partial charge in [-0.3, -0.25) is 0 Å². The van der Waals surface area contributed by atoms with Crippen LogP contribution in [-0.4, -0.2) is 24.3 Å². The van der Waals surface area contributed by atoms with Gasteiger partial charge < -0.3 is 10.1 Å². The average molecular weight is 265 g/mol. The molecule has 2 rings (SSSR count). The second-order valence-electron chi connectivity index (χ2n) is 5.82. The van der Waals surface area contributed by atoms with Gasteiger partial charge in [0.25, 0.3) is 0 Å². The van der Waals surface area contributed by atoms with Gasteiger partial charge in [0.2, 0.25) is 0 Å². The Balaban J connectivity index is 1.83. The second-order valence-corrected chi connectivity index (χ2v) is 5.82. The number of ether oxygens (including phenoxy) is 1. The summed E-state index contributed by atoms with van der Waals surface area (Å²) in [5, 5.41) is 3.67. The van der Waals surface area contributed by atoms with Crippen molar-refractivity contribution < 1.29 is 9.13 Å². The standard InChI is InChI=1S/C16H24FNO/c1-11(8-14-4-6-15(17)7-5-14)18-16-9-12(2)19-13(3)10-16/h4-7,11-13,16,18H,8-10H2,1-3H3. The number of hydrogen-bond donors (Lipinski definition) is 1. The van der Waals surface area contributed by atoms with E-state index in [1.807, 2.05) is 12.1 Å². The molecule has 0 bridgehead atoms. The first-order valence-electron chi connectivity index (χ1n) is 7.19.